The number of hydrogen-bond donors (Lipinski definition) is 3. The Hall–Kier alpha value is -2.72. The number of nitrogens with two attached hydrogens (primary N) is 1. The van der Waals surface area contributed by atoms with E-state index in [4.69, 9.17) is 10.2 Å². The van der Waals surface area contributed by atoms with E-state index in [-0.39, 0.29) is 23.2 Å². The predicted molar refractivity (Wildman–Crippen MR) is 105 cm³/mol. The first kappa shape index (κ1) is 19.1. The fourth-order valence-electron chi connectivity index (χ4n) is 2.52. The summed E-state index contributed by atoms with van der Waals surface area (Å²) in [5, 5.41) is 13.8. The van der Waals surface area contributed by atoms with Crippen molar-refractivity contribution in [1.29, 1.82) is 0 Å². The smallest absolute Gasteiger partial charge is 0.315 e. The van der Waals surface area contributed by atoms with Crippen LogP contribution in [0.5, 0.6) is 0 Å². The van der Waals surface area contributed by atoms with E-state index >= 15 is 0 Å². The van der Waals surface area contributed by atoms with Gasteiger partial charge in [-0.15, -0.1) is 5.10 Å². The Morgan fingerprint density at radius 3 is 2.85 bits per heavy atom. The summed E-state index contributed by atoms with van der Waals surface area (Å²) in [6.45, 7) is 2.53. The van der Waals surface area contributed by atoms with Crippen LogP contribution >= 0.6 is 15.9 Å². The molecule has 0 spiro atoms. The lowest BCUT2D eigenvalue weighted by Gasteiger charge is -2.15. The lowest BCUT2D eigenvalue weighted by Crippen LogP contribution is -2.21. The van der Waals surface area contributed by atoms with E-state index in [1.165, 1.54) is 10.6 Å². The first-order valence-electron chi connectivity index (χ1n) is 8.11. The van der Waals surface area contributed by atoms with Crippen LogP contribution in [0.4, 0.5) is 21.8 Å². The van der Waals surface area contributed by atoms with Gasteiger partial charge < -0.3 is 25.4 Å². The van der Waals surface area contributed by atoms with Crippen molar-refractivity contribution in [2.45, 2.75) is 6.92 Å². The summed E-state index contributed by atoms with van der Waals surface area (Å²) >= 11 is 3.22. The second-order valence-corrected chi connectivity index (χ2v) is 6.75. The van der Waals surface area contributed by atoms with Crippen molar-refractivity contribution in [3.63, 3.8) is 0 Å². The topological polar surface area (TPSA) is 111 Å². The molecular formula is C17H18BrFN6O2. The van der Waals surface area contributed by atoms with Crippen LogP contribution in [0.3, 0.4) is 0 Å². The first-order chi connectivity index (χ1) is 12.9. The molecule has 2 aromatic heterocycles. The summed E-state index contributed by atoms with van der Waals surface area (Å²) < 4.78 is 21.9. The van der Waals surface area contributed by atoms with Crippen LogP contribution in [0.1, 0.15) is 5.56 Å². The van der Waals surface area contributed by atoms with Crippen molar-refractivity contribution in [2.24, 2.45) is 12.8 Å². The number of benzene rings is 1. The maximum absolute atomic E-state index is 14.3. The van der Waals surface area contributed by atoms with Gasteiger partial charge in [-0.1, -0.05) is 21.0 Å². The normalized spacial score (nSPS) is 10.9. The highest BCUT2D eigenvalue weighted by Crippen LogP contribution is 2.32. The van der Waals surface area contributed by atoms with Crippen LogP contribution < -0.4 is 21.9 Å². The van der Waals surface area contributed by atoms with Gasteiger partial charge in [0.2, 0.25) is 0 Å². The molecule has 0 amide bonds. The van der Waals surface area contributed by atoms with E-state index < -0.39 is 5.82 Å². The minimum Gasteiger partial charge on any atom is -0.403 e. The van der Waals surface area contributed by atoms with Gasteiger partial charge in [0.15, 0.2) is 0 Å². The van der Waals surface area contributed by atoms with E-state index in [0.717, 1.165) is 0 Å². The number of aromatic nitrogens is 3. The lowest BCUT2D eigenvalue weighted by molar-refractivity contribution is 0.580. The summed E-state index contributed by atoms with van der Waals surface area (Å²) in [6.07, 6.45) is 1.56. The van der Waals surface area contributed by atoms with E-state index in [2.05, 4.69) is 36.8 Å². The molecule has 3 aromatic rings. The number of aryl methyl sites for hydroxylation is 1. The summed E-state index contributed by atoms with van der Waals surface area (Å²) in [6, 6.07) is 4.81. The van der Waals surface area contributed by atoms with E-state index in [1.54, 1.807) is 32.3 Å². The van der Waals surface area contributed by atoms with Crippen molar-refractivity contribution in [3.05, 3.63) is 50.6 Å². The summed E-state index contributed by atoms with van der Waals surface area (Å²) in [4.78, 5) is 12.4. The highest BCUT2D eigenvalue weighted by Gasteiger charge is 2.19. The zero-order valence-electron chi connectivity index (χ0n) is 14.7. The molecule has 0 bridgehead atoms. The zero-order chi connectivity index (χ0) is 19.6. The molecule has 3 rings (SSSR count). The Morgan fingerprint density at radius 2 is 2.15 bits per heavy atom. The van der Waals surface area contributed by atoms with Crippen molar-refractivity contribution in [1.82, 2.24) is 14.8 Å². The number of anilines is 3. The van der Waals surface area contributed by atoms with Crippen molar-refractivity contribution in [2.75, 3.05) is 23.7 Å². The fraction of sp³-hybridized carbons (Fsp3) is 0.235. The largest absolute Gasteiger partial charge is 0.403 e. The van der Waals surface area contributed by atoms with Gasteiger partial charge in [0.1, 0.15) is 5.82 Å². The van der Waals surface area contributed by atoms with Crippen LogP contribution in [0.15, 0.2) is 38.1 Å². The molecule has 0 saturated carbocycles. The summed E-state index contributed by atoms with van der Waals surface area (Å²) in [5.74, 6) is -0.278. The lowest BCUT2D eigenvalue weighted by atomic mass is 10.1. The molecule has 1 aromatic carbocycles. The Bertz CT molecular complexity index is 1030. The minimum atomic E-state index is -0.466. The average molecular weight is 437 g/mol. The van der Waals surface area contributed by atoms with Crippen LogP contribution in [-0.4, -0.2) is 27.9 Å². The summed E-state index contributed by atoms with van der Waals surface area (Å²) in [7, 11) is 1.62. The Labute approximate surface area is 162 Å². The van der Waals surface area contributed by atoms with Gasteiger partial charge in [-0.3, -0.25) is 4.79 Å². The van der Waals surface area contributed by atoms with Crippen molar-refractivity contribution in [3.8, 4) is 11.5 Å². The Balaban J connectivity index is 2.08. The molecule has 4 N–H and O–H groups in total. The van der Waals surface area contributed by atoms with Gasteiger partial charge in [-0.25, -0.2) is 4.39 Å². The number of nitrogens with one attached hydrogen (secondary N) is 2. The van der Waals surface area contributed by atoms with Gasteiger partial charge in [0.05, 0.1) is 16.9 Å². The zero-order valence-corrected chi connectivity index (χ0v) is 16.3. The molecule has 27 heavy (non-hydrogen) atoms. The minimum absolute atomic E-state index is 0.188. The van der Waals surface area contributed by atoms with Crippen LogP contribution in [0.25, 0.3) is 11.5 Å². The maximum atomic E-state index is 14.3. The molecule has 0 aliphatic rings. The molecule has 0 radical (unpaired) electrons. The highest BCUT2D eigenvalue weighted by molar-refractivity contribution is 9.10. The van der Waals surface area contributed by atoms with Gasteiger partial charge in [-0.2, -0.15) is 0 Å². The van der Waals surface area contributed by atoms with Crippen LogP contribution in [-0.2, 0) is 7.05 Å². The standard InChI is InChI=1S/C17H18BrFN6O2/c1-9-14(22-13-4-3-10(18)7-12(13)19)11(8-25(2)16(9)26)15-23-24-17(27-15)21-6-5-20/h3-4,7-8,22H,5-6,20H2,1-2H3,(H,21,24). The number of halogens is 2. The second-order valence-electron chi connectivity index (χ2n) is 5.84. The first-order valence-corrected chi connectivity index (χ1v) is 8.90. The number of pyridine rings is 1. The van der Waals surface area contributed by atoms with Crippen LogP contribution in [0.2, 0.25) is 0 Å². The van der Waals surface area contributed by atoms with E-state index in [9.17, 15) is 9.18 Å². The quantitative estimate of drug-likeness (QED) is 0.544. The van der Waals surface area contributed by atoms with Crippen molar-refractivity contribution >= 4 is 33.3 Å². The Kier molecular flexibility index (Phi) is 5.57. The van der Waals surface area contributed by atoms with Gasteiger partial charge in [0, 0.05) is 36.4 Å². The second kappa shape index (κ2) is 7.89. The molecular weight excluding hydrogens is 419 g/mol. The molecule has 0 atom stereocenters. The SMILES string of the molecule is Cc1c(Nc2ccc(Br)cc2F)c(-c2nnc(NCCN)o2)cn(C)c1=O. The number of nitrogens with zero attached hydrogens (tertiary/aromatic N) is 3. The van der Waals surface area contributed by atoms with Crippen molar-refractivity contribution < 1.29 is 8.81 Å². The third-order valence-corrected chi connectivity index (χ3v) is 4.37. The summed E-state index contributed by atoms with van der Waals surface area (Å²) in [5.41, 5.74) is 6.71. The van der Waals surface area contributed by atoms with Gasteiger partial charge in [-0.05, 0) is 25.1 Å². The fourth-order valence-corrected chi connectivity index (χ4v) is 2.85. The Morgan fingerprint density at radius 1 is 1.37 bits per heavy atom. The molecule has 0 aliphatic heterocycles. The third-order valence-electron chi connectivity index (χ3n) is 3.88. The maximum Gasteiger partial charge on any atom is 0.315 e. The molecule has 0 unspecified atom stereocenters. The van der Waals surface area contributed by atoms with Crippen LogP contribution in [0, 0.1) is 12.7 Å². The van der Waals surface area contributed by atoms with Gasteiger partial charge in [0.25, 0.3) is 11.4 Å². The molecule has 8 nitrogen and oxygen atoms in total. The number of rotatable bonds is 6. The molecule has 2 heterocycles. The number of hydrogen-bond acceptors (Lipinski definition) is 7. The highest BCUT2D eigenvalue weighted by atomic mass is 79.9. The molecule has 0 fully saturated rings. The molecule has 0 aliphatic carbocycles. The van der Waals surface area contributed by atoms with Gasteiger partial charge >= 0.3 is 6.01 Å². The molecule has 10 heteroatoms. The molecule has 0 saturated heterocycles. The van der Waals surface area contributed by atoms with E-state index in [0.29, 0.717) is 34.4 Å². The predicted octanol–water partition coefficient (Wildman–Crippen LogP) is 2.76. The molecule has 142 valence electrons. The van der Waals surface area contributed by atoms with E-state index in [1.807, 2.05) is 0 Å². The monoisotopic (exact) mass is 436 g/mol. The average Bonchev–Trinajstić information content (AvgIpc) is 3.10. The third kappa shape index (κ3) is 4.01.